The van der Waals surface area contributed by atoms with Crippen molar-refractivity contribution < 1.29 is 19.8 Å². The molecule has 0 spiro atoms. The molecule has 0 rings (SSSR count). The van der Waals surface area contributed by atoms with Crippen LogP contribution in [0.25, 0.3) is 0 Å². The monoisotopic (exact) mass is 240 g/mol. The summed E-state index contributed by atoms with van der Waals surface area (Å²) in [6.07, 6.45) is 0. The molecule has 0 aliphatic heterocycles. The smallest absolute Gasteiger partial charge is 0.300 e. The second kappa shape index (κ2) is 10.7. The van der Waals surface area contributed by atoms with Gasteiger partial charge in [-0.1, -0.05) is 0 Å². The molecule has 0 bridgehead atoms. The summed E-state index contributed by atoms with van der Waals surface area (Å²) in [6.45, 7) is 2.17. The Kier molecular flexibility index (Phi) is 18.8. The quantitative estimate of drug-likeness (QED) is 0.574. The van der Waals surface area contributed by atoms with Crippen molar-refractivity contribution in [3.63, 3.8) is 0 Å². The molecule has 0 aromatic rings. The molecule has 0 aliphatic carbocycles. The Morgan fingerprint density at radius 3 is 1.00 bits per heavy atom. The summed E-state index contributed by atoms with van der Waals surface area (Å²) in [5.41, 5.74) is 0. The van der Waals surface area contributed by atoms with Crippen molar-refractivity contribution in [3.8, 4) is 0 Å². The molecule has 0 saturated carbocycles. The number of carboxylic acid groups (broad SMARTS) is 2. The molecule has 0 heterocycles. The summed E-state index contributed by atoms with van der Waals surface area (Å²) in [6, 6.07) is 0. The molecule has 0 amide bonds. The summed E-state index contributed by atoms with van der Waals surface area (Å²) in [5.74, 6) is -1.67. The van der Waals surface area contributed by atoms with E-state index in [2.05, 4.69) is 0 Å². The van der Waals surface area contributed by atoms with Crippen LogP contribution in [0.4, 0.5) is 0 Å². The van der Waals surface area contributed by atoms with E-state index in [9.17, 15) is 0 Å². The van der Waals surface area contributed by atoms with Gasteiger partial charge >= 0.3 is 0 Å². The molecule has 0 unspecified atom stereocenters. The van der Waals surface area contributed by atoms with Crippen LogP contribution < -0.4 is 0 Å². The fraction of sp³-hybridized carbons (Fsp3) is 0.500. The van der Waals surface area contributed by atoms with Gasteiger partial charge in [0.25, 0.3) is 11.9 Å². The summed E-state index contributed by atoms with van der Waals surface area (Å²) in [4.78, 5) is 18.0. The van der Waals surface area contributed by atoms with E-state index in [-0.39, 0.29) is 23.9 Å². The summed E-state index contributed by atoms with van der Waals surface area (Å²) < 4.78 is 0. The van der Waals surface area contributed by atoms with Crippen molar-refractivity contribution >= 4 is 35.8 Å². The number of carboxylic acids is 2. The molecule has 0 saturated heterocycles. The van der Waals surface area contributed by atoms with Crippen LogP contribution in [0.5, 0.6) is 0 Å². The van der Waals surface area contributed by atoms with E-state index in [0.717, 1.165) is 13.8 Å². The molecule has 4 radical (unpaired) electrons. The van der Waals surface area contributed by atoms with Gasteiger partial charge in [0.1, 0.15) is 0 Å². The molecular weight excluding hydrogens is 231 g/mol. The van der Waals surface area contributed by atoms with Gasteiger partial charge in [0, 0.05) is 37.8 Å². The fourth-order valence-electron chi connectivity index (χ4n) is 0. The number of aliphatic carboxylic acids is 2. The zero-order valence-corrected chi connectivity index (χ0v) is 8.07. The van der Waals surface area contributed by atoms with E-state index < -0.39 is 11.9 Å². The molecule has 0 aliphatic rings. The van der Waals surface area contributed by atoms with Gasteiger partial charge in [-0.3, -0.25) is 9.59 Å². The zero-order valence-electron chi connectivity index (χ0n) is 5.21. The van der Waals surface area contributed by atoms with Crippen molar-refractivity contribution in [2.45, 2.75) is 13.8 Å². The van der Waals surface area contributed by atoms with Gasteiger partial charge in [-0.2, -0.15) is 0 Å². The van der Waals surface area contributed by atoms with E-state index in [1.54, 1.807) is 0 Å². The number of rotatable bonds is 0. The SMILES string of the molecule is CC(=O)O.CC(=O)O.[Sn]. The number of carbonyl (C=O) groups is 2. The standard InChI is InChI=1S/2C2H4O2.Sn/c2*1-2(3)4;/h2*1H3,(H,3,4);. The van der Waals surface area contributed by atoms with Crippen LogP contribution in [-0.4, -0.2) is 46.1 Å². The second-order valence-corrected chi connectivity index (χ2v) is 1.04. The fourth-order valence-corrected chi connectivity index (χ4v) is 0. The van der Waals surface area contributed by atoms with Crippen molar-refractivity contribution in [1.82, 2.24) is 0 Å². The van der Waals surface area contributed by atoms with Gasteiger partial charge in [0.2, 0.25) is 0 Å². The number of hydrogen-bond donors (Lipinski definition) is 2. The molecule has 0 aromatic carbocycles. The maximum atomic E-state index is 9.00. The van der Waals surface area contributed by atoms with Crippen molar-refractivity contribution in [2.75, 3.05) is 0 Å². The first kappa shape index (κ1) is 15.9. The van der Waals surface area contributed by atoms with E-state index in [4.69, 9.17) is 19.8 Å². The predicted molar refractivity (Wildman–Crippen MR) is 32.4 cm³/mol. The third kappa shape index (κ3) is 3730. The molecule has 5 heteroatoms. The normalized spacial score (nSPS) is 5.56. The molecule has 4 nitrogen and oxygen atoms in total. The molecule has 9 heavy (non-hydrogen) atoms. The topological polar surface area (TPSA) is 74.6 Å². The van der Waals surface area contributed by atoms with Crippen molar-refractivity contribution in [2.24, 2.45) is 0 Å². The molecule has 52 valence electrons. The summed E-state index contributed by atoms with van der Waals surface area (Å²) in [7, 11) is 0. The van der Waals surface area contributed by atoms with E-state index in [1.165, 1.54) is 0 Å². The first-order chi connectivity index (χ1) is 3.46. The molecule has 0 fully saturated rings. The minimum absolute atomic E-state index is 0. The molecule has 0 aromatic heterocycles. The summed E-state index contributed by atoms with van der Waals surface area (Å²) >= 11 is 0. The van der Waals surface area contributed by atoms with Gasteiger partial charge in [-0.25, -0.2) is 0 Å². The van der Waals surface area contributed by atoms with E-state index in [1.807, 2.05) is 0 Å². The van der Waals surface area contributed by atoms with Crippen LogP contribution >= 0.6 is 0 Å². The van der Waals surface area contributed by atoms with Gasteiger partial charge in [-0.15, -0.1) is 0 Å². The maximum Gasteiger partial charge on any atom is 0.300 e. The maximum absolute atomic E-state index is 9.00. The largest absolute Gasteiger partial charge is 0.481 e. The third-order valence-corrected chi connectivity index (χ3v) is 0. The van der Waals surface area contributed by atoms with Crippen LogP contribution in [0.15, 0.2) is 0 Å². The van der Waals surface area contributed by atoms with Gasteiger partial charge in [0.15, 0.2) is 0 Å². The average Bonchev–Trinajstić information content (AvgIpc) is 1.25. The zero-order chi connectivity index (χ0) is 7.15. The Balaban J connectivity index is -0.0000000720. The Morgan fingerprint density at radius 1 is 1.00 bits per heavy atom. The van der Waals surface area contributed by atoms with E-state index in [0.29, 0.717) is 0 Å². The molecule has 0 atom stereocenters. The van der Waals surface area contributed by atoms with Crippen LogP contribution in [0, 0.1) is 0 Å². The van der Waals surface area contributed by atoms with Gasteiger partial charge in [0.05, 0.1) is 0 Å². The van der Waals surface area contributed by atoms with Crippen LogP contribution in [0.3, 0.4) is 0 Å². The van der Waals surface area contributed by atoms with Crippen molar-refractivity contribution in [3.05, 3.63) is 0 Å². The van der Waals surface area contributed by atoms with Crippen molar-refractivity contribution in [1.29, 1.82) is 0 Å². The van der Waals surface area contributed by atoms with Crippen LogP contribution in [0.2, 0.25) is 0 Å². The Hall–Kier alpha value is -0.261. The number of hydrogen-bond acceptors (Lipinski definition) is 2. The minimum Gasteiger partial charge on any atom is -0.481 e. The third-order valence-electron chi connectivity index (χ3n) is 0. The van der Waals surface area contributed by atoms with Gasteiger partial charge < -0.3 is 10.2 Å². The van der Waals surface area contributed by atoms with Gasteiger partial charge in [-0.05, 0) is 0 Å². The summed E-state index contributed by atoms with van der Waals surface area (Å²) in [5, 5.41) is 14.8. The Bertz CT molecular complexity index is 70.6. The Labute approximate surface area is 69.8 Å². The molecule has 2 N–H and O–H groups in total. The van der Waals surface area contributed by atoms with Crippen LogP contribution in [-0.2, 0) is 9.59 Å². The second-order valence-electron chi connectivity index (χ2n) is 1.04. The minimum atomic E-state index is -0.833. The average molecular weight is 239 g/mol. The predicted octanol–water partition coefficient (Wildman–Crippen LogP) is -0.199. The Morgan fingerprint density at radius 2 is 1.00 bits per heavy atom. The molecular formula is C4H8O4Sn. The first-order valence-electron chi connectivity index (χ1n) is 1.86. The van der Waals surface area contributed by atoms with Crippen LogP contribution in [0.1, 0.15) is 13.8 Å². The first-order valence-corrected chi connectivity index (χ1v) is 1.86. The van der Waals surface area contributed by atoms with E-state index >= 15 is 0 Å².